The van der Waals surface area contributed by atoms with Gasteiger partial charge in [-0.2, -0.15) is 5.10 Å². The maximum atomic E-state index is 12.3. The lowest BCUT2D eigenvalue weighted by atomic mass is 10.2. The summed E-state index contributed by atoms with van der Waals surface area (Å²) >= 11 is 7.87. The van der Waals surface area contributed by atoms with E-state index in [1.165, 1.54) is 15.1 Å². The summed E-state index contributed by atoms with van der Waals surface area (Å²) in [7, 11) is 1.71. The summed E-state index contributed by atoms with van der Waals surface area (Å²) in [5.41, 5.74) is 3.32. The van der Waals surface area contributed by atoms with Crippen LogP contribution in [0.2, 0.25) is 5.02 Å². The number of hydrogen-bond acceptors (Lipinski definition) is 3. The Morgan fingerprint density at radius 1 is 1.08 bits per heavy atom. The van der Waals surface area contributed by atoms with Crippen molar-refractivity contribution in [2.24, 2.45) is 7.05 Å². The molecule has 134 valence electrons. The predicted molar refractivity (Wildman–Crippen MR) is 106 cm³/mol. The number of aryl methyl sites for hydroxylation is 3. The normalized spacial score (nSPS) is 10.8. The molecule has 1 N–H and O–H groups in total. The number of hydrogen-bond donors (Lipinski definition) is 1. The molecule has 6 heteroatoms. The van der Waals surface area contributed by atoms with Crippen LogP contribution in [-0.4, -0.2) is 15.7 Å². The van der Waals surface area contributed by atoms with Crippen molar-refractivity contribution in [2.45, 2.75) is 30.2 Å². The second kappa shape index (κ2) is 7.98. The van der Waals surface area contributed by atoms with Crippen molar-refractivity contribution in [2.75, 3.05) is 0 Å². The minimum atomic E-state index is -0.226. The summed E-state index contributed by atoms with van der Waals surface area (Å²) in [5, 5.41) is 7.46. The van der Waals surface area contributed by atoms with E-state index in [1.54, 1.807) is 25.7 Å². The number of rotatable bonds is 5. The van der Waals surface area contributed by atoms with Crippen molar-refractivity contribution in [1.82, 2.24) is 15.1 Å². The fourth-order valence-corrected chi connectivity index (χ4v) is 3.63. The molecule has 0 aliphatic carbocycles. The summed E-state index contributed by atoms with van der Waals surface area (Å²) < 4.78 is 1.51. The van der Waals surface area contributed by atoms with Gasteiger partial charge in [-0.1, -0.05) is 53.2 Å². The highest BCUT2D eigenvalue weighted by Crippen LogP contribution is 2.28. The molecule has 1 amide bonds. The van der Waals surface area contributed by atoms with Crippen LogP contribution in [0.25, 0.3) is 0 Å². The molecule has 0 saturated carbocycles. The summed E-state index contributed by atoms with van der Waals surface area (Å²) in [6, 6.07) is 16.6. The number of carbonyl (C=O) groups excluding carboxylic acids is 1. The molecule has 0 saturated heterocycles. The van der Waals surface area contributed by atoms with E-state index in [4.69, 9.17) is 11.6 Å². The first-order valence-electron chi connectivity index (χ1n) is 8.25. The van der Waals surface area contributed by atoms with Gasteiger partial charge in [0.1, 0.15) is 5.69 Å². The summed E-state index contributed by atoms with van der Waals surface area (Å²) in [6.45, 7) is 4.30. The van der Waals surface area contributed by atoms with Crippen LogP contribution in [0, 0.1) is 13.8 Å². The molecule has 3 aromatic rings. The van der Waals surface area contributed by atoms with Crippen molar-refractivity contribution in [3.8, 4) is 0 Å². The lowest BCUT2D eigenvalue weighted by molar-refractivity contribution is 0.0941. The molecule has 1 aromatic heterocycles. The maximum absolute atomic E-state index is 12.3. The number of aromatic nitrogens is 2. The van der Waals surface area contributed by atoms with E-state index >= 15 is 0 Å². The first-order chi connectivity index (χ1) is 12.4. The van der Waals surface area contributed by atoms with Crippen LogP contribution in [0.5, 0.6) is 0 Å². The van der Waals surface area contributed by atoms with Crippen molar-refractivity contribution < 1.29 is 4.79 Å². The average molecular weight is 386 g/mol. The van der Waals surface area contributed by atoms with Gasteiger partial charge in [0.05, 0.1) is 10.7 Å². The first kappa shape index (κ1) is 18.5. The monoisotopic (exact) mass is 385 g/mol. The maximum Gasteiger partial charge on any atom is 0.271 e. The minimum Gasteiger partial charge on any atom is -0.347 e. The van der Waals surface area contributed by atoms with E-state index in [2.05, 4.69) is 53.7 Å². The number of nitrogens with zero attached hydrogens (tertiary/aromatic N) is 2. The van der Waals surface area contributed by atoms with E-state index in [0.29, 0.717) is 23.0 Å². The topological polar surface area (TPSA) is 46.9 Å². The van der Waals surface area contributed by atoms with E-state index in [1.807, 2.05) is 12.1 Å². The number of halogens is 1. The van der Waals surface area contributed by atoms with Gasteiger partial charge in [0.2, 0.25) is 0 Å². The standard InChI is InChI=1S/C20H20ClN3OS/c1-13-4-8-16(9-5-13)26-17-10-6-15(7-11-17)12-22-20(25)19-18(21)14(2)23-24(19)3/h4-11H,12H2,1-3H3,(H,22,25). The van der Waals surface area contributed by atoms with Crippen molar-refractivity contribution in [3.63, 3.8) is 0 Å². The number of benzene rings is 2. The zero-order chi connectivity index (χ0) is 18.7. The Morgan fingerprint density at radius 3 is 2.19 bits per heavy atom. The Balaban J connectivity index is 1.60. The van der Waals surface area contributed by atoms with Crippen LogP contribution in [0.4, 0.5) is 0 Å². The van der Waals surface area contributed by atoms with Crippen molar-refractivity contribution >= 4 is 29.3 Å². The van der Waals surface area contributed by atoms with Gasteiger partial charge in [0.15, 0.2) is 0 Å². The number of carbonyl (C=O) groups is 1. The van der Waals surface area contributed by atoms with Crippen LogP contribution >= 0.6 is 23.4 Å². The molecule has 0 atom stereocenters. The summed E-state index contributed by atoms with van der Waals surface area (Å²) in [6.07, 6.45) is 0. The zero-order valence-electron chi connectivity index (χ0n) is 14.9. The van der Waals surface area contributed by atoms with Crippen molar-refractivity contribution in [3.05, 3.63) is 76.1 Å². The molecule has 0 spiro atoms. The van der Waals surface area contributed by atoms with Gasteiger partial charge < -0.3 is 5.32 Å². The molecule has 26 heavy (non-hydrogen) atoms. The zero-order valence-corrected chi connectivity index (χ0v) is 16.5. The molecule has 0 fully saturated rings. The molecule has 0 aliphatic rings. The van der Waals surface area contributed by atoms with Gasteiger partial charge in [-0.3, -0.25) is 9.48 Å². The van der Waals surface area contributed by atoms with E-state index in [9.17, 15) is 4.79 Å². The van der Waals surface area contributed by atoms with E-state index in [-0.39, 0.29) is 5.91 Å². The summed E-state index contributed by atoms with van der Waals surface area (Å²) in [5.74, 6) is -0.226. The second-order valence-electron chi connectivity index (χ2n) is 6.11. The Bertz CT molecular complexity index is 917. The first-order valence-corrected chi connectivity index (χ1v) is 9.44. The van der Waals surface area contributed by atoms with Crippen LogP contribution in [0.1, 0.15) is 27.3 Å². The van der Waals surface area contributed by atoms with Gasteiger partial charge in [-0.15, -0.1) is 0 Å². The van der Waals surface area contributed by atoms with Gasteiger partial charge in [-0.05, 0) is 43.7 Å². The number of amides is 1. The highest BCUT2D eigenvalue weighted by Gasteiger charge is 2.18. The Kier molecular flexibility index (Phi) is 5.69. The third-order valence-electron chi connectivity index (χ3n) is 4.00. The second-order valence-corrected chi connectivity index (χ2v) is 7.64. The summed E-state index contributed by atoms with van der Waals surface area (Å²) in [4.78, 5) is 14.7. The van der Waals surface area contributed by atoms with Crippen LogP contribution in [-0.2, 0) is 13.6 Å². The molecule has 0 unspecified atom stereocenters. The largest absolute Gasteiger partial charge is 0.347 e. The smallest absolute Gasteiger partial charge is 0.271 e. The average Bonchev–Trinajstić information content (AvgIpc) is 2.88. The fraction of sp³-hybridized carbons (Fsp3) is 0.200. The Hall–Kier alpha value is -2.24. The van der Waals surface area contributed by atoms with Gasteiger partial charge in [0.25, 0.3) is 5.91 Å². The van der Waals surface area contributed by atoms with Gasteiger partial charge >= 0.3 is 0 Å². The quantitative estimate of drug-likeness (QED) is 0.688. The van der Waals surface area contributed by atoms with Gasteiger partial charge in [0, 0.05) is 23.4 Å². The van der Waals surface area contributed by atoms with Crippen molar-refractivity contribution in [1.29, 1.82) is 0 Å². The third-order valence-corrected chi connectivity index (χ3v) is 5.47. The number of nitrogens with one attached hydrogen (secondary N) is 1. The predicted octanol–water partition coefficient (Wildman–Crippen LogP) is 4.77. The molecule has 2 aromatic carbocycles. The molecule has 0 aliphatic heterocycles. The highest BCUT2D eigenvalue weighted by atomic mass is 35.5. The fourth-order valence-electron chi connectivity index (χ4n) is 2.56. The molecular formula is C20H20ClN3OS. The SMILES string of the molecule is Cc1ccc(Sc2ccc(CNC(=O)c3c(Cl)c(C)nn3C)cc2)cc1. The highest BCUT2D eigenvalue weighted by molar-refractivity contribution is 7.99. The molecule has 3 rings (SSSR count). The lowest BCUT2D eigenvalue weighted by Gasteiger charge is -2.07. The van der Waals surface area contributed by atoms with Gasteiger partial charge in [-0.25, -0.2) is 0 Å². The lowest BCUT2D eigenvalue weighted by Crippen LogP contribution is -2.25. The molecular weight excluding hydrogens is 366 g/mol. The van der Waals surface area contributed by atoms with E-state index < -0.39 is 0 Å². The Morgan fingerprint density at radius 2 is 1.65 bits per heavy atom. The minimum absolute atomic E-state index is 0.226. The van der Waals surface area contributed by atoms with Crippen LogP contribution < -0.4 is 5.32 Å². The molecule has 0 bridgehead atoms. The van der Waals surface area contributed by atoms with E-state index in [0.717, 1.165) is 10.5 Å². The molecule has 1 heterocycles. The van der Waals surface area contributed by atoms with Crippen LogP contribution in [0.3, 0.4) is 0 Å². The third kappa shape index (κ3) is 4.29. The molecule has 0 radical (unpaired) electrons. The van der Waals surface area contributed by atoms with Crippen LogP contribution in [0.15, 0.2) is 58.3 Å². The Labute approximate surface area is 162 Å². The molecule has 4 nitrogen and oxygen atoms in total.